The van der Waals surface area contributed by atoms with Gasteiger partial charge in [-0.05, 0) is 69.7 Å². The van der Waals surface area contributed by atoms with E-state index in [1.807, 2.05) is 62.9 Å². The Bertz CT molecular complexity index is 1630. The second-order valence-electron chi connectivity index (χ2n) is 13.0. The molecule has 240 valence electrons. The summed E-state index contributed by atoms with van der Waals surface area (Å²) >= 11 is 1.51. The van der Waals surface area contributed by atoms with E-state index in [1.165, 1.54) is 11.8 Å². The van der Waals surface area contributed by atoms with Crippen molar-refractivity contribution in [3.63, 3.8) is 0 Å². The molecule has 2 aromatic heterocycles. The van der Waals surface area contributed by atoms with Crippen LogP contribution < -0.4 is 10.2 Å². The number of rotatable bonds is 4. The van der Waals surface area contributed by atoms with Crippen LogP contribution in [0.3, 0.4) is 0 Å². The van der Waals surface area contributed by atoms with E-state index in [-0.39, 0.29) is 12.0 Å². The summed E-state index contributed by atoms with van der Waals surface area (Å²) in [4.78, 5) is 39.0. The molecule has 5 heterocycles. The molecule has 6 rings (SSSR count). The fourth-order valence-electron chi connectivity index (χ4n) is 6.15. The predicted molar refractivity (Wildman–Crippen MR) is 171 cm³/mol. The van der Waals surface area contributed by atoms with Crippen molar-refractivity contribution >= 4 is 35.3 Å². The molecule has 12 nitrogen and oxygen atoms in total. The number of anilines is 2. The van der Waals surface area contributed by atoms with Crippen LogP contribution in [0, 0.1) is 0 Å². The number of carbonyl (C=O) groups is 2. The van der Waals surface area contributed by atoms with Crippen LogP contribution >= 0.6 is 11.8 Å². The Balaban J connectivity index is 1.33. The van der Waals surface area contributed by atoms with E-state index in [2.05, 4.69) is 15.3 Å². The Morgan fingerprint density at radius 1 is 1.18 bits per heavy atom. The number of amides is 2. The normalized spacial score (nSPS) is 21.0. The molecule has 1 aromatic carbocycles. The van der Waals surface area contributed by atoms with Crippen LogP contribution in [0.4, 0.5) is 16.3 Å². The Morgan fingerprint density at radius 2 is 1.98 bits per heavy atom. The maximum Gasteiger partial charge on any atom is 0.412 e. The fourth-order valence-corrected chi connectivity index (χ4v) is 6.53. The zero-order valence-electron chi connectivity index (χ0n) is 27.0. The number of aromatic nitrogens is 4. The van der Waals surface area contributed by atoms with Gasteiger partial charge in [-0.1, -0.05) is 17.8 Å². The summed E-state index contributed by atoms with van der Waals surface area (Å²) in [7, 11) is 3.47. The van der Waals surface area contributed by atoms with Gasteiger partial charge < -0.3 is 24.0 Å². The SMILES string of the molecule is CSc1nc2c(c(N3CCCn4nc(C(=O)N(C)C)cc4C3)n1)COC1(COC(C)c3ccc(NC(=O)OC(C)(C)C)cc31)C2. The molecule has 2 unspecified atom stereocenters. The van der Waals surface area contributed by atoms with Gasteiger partial charge in [-0.3, -0.25) is 14.8 Å². The monoisotopic (exact) mass is 635 g/mol. The summed E-state index contributed by atoms with van der Waals surface area (Å²) < 4.78 is 20.4. The average Bonchev–Trinajstić information content (AvgIpc) is 3.28. The van der Waals surface area contributed by atoms with Crippen molar-refractivity contribution < 1.29 is 23.8 Å². The number of thioether (sulfide) groups is 1. The topological polar surface area (TPSA) is 124 Å². The number of hydrogen-bond donors (Lipinski definition) is 1. The molecule has 0 saturated carbocycles. The lowest BCUT2D eigenvalue weighted by Crippen LogP contribution is -2.45. The van der Waals surface area contributed by atoms with Crippen molar-refractivity contribution in [2.75, 3.05) is 43.7 Å². The smallest absolute Gasteiger partial charge is 0.412 e. The Kier molecular flexibility index (Phi) is 8.29. The maximum atomic E-state index is 12.6. The summed E-state index contributed by atoms with van der Waals surface area (Å²) in [5.74, 6) is 0.735. The first-order valence-electron chi connectivity index (χ1n) is 15.2. The minimum absolute atomic E-state index is 0.112. The molecule has 0 bridgehead atoms. The van der Waals surface area contributed by atoms with Gasteiger partial charge >= 0.3 is 6.09 Å². The molecule has 3 aromatic rings. The Hall–Kier alpha value is -3.68. The van der Waals surface area contributed by atoms with E-state index >= 15 is 0 Å². The third kappa shape index (κ3) is 6.25. The Labute approximate surface area is 267 Å². The first-order chi connectivity index (χ1) is 21.4. The van der Waals surface area contributed by atoms with E-state index < -0.39 is 17.3 Å². The minimum Gasteiger partial charge on any atom is -0.444 e. The highest BCUT2D eigenvalue weighted by molar-refractivity contribution is 7.98. The van der Waals surface area contributed by atoms with E-state index in [9.17, 15) is 9.59 Å². The highest BCUT2D eigenvalue weighted by Gasteiger charge is 2.45. The molecule has 0 aliphatic carbocycles. The summed E-state index contributed by atoms with van der Waals surface area (Å²) in [5, 5.41) is 8.16. The van der Waals surface area contributed by atoms with Crippen LogP contribution in [-0.2, 0) is 45.9 Å². The summed E-state index contributed by atoms with van der Waals surface area (Å²) in [6, 6.07) is 7.71. The van der Waals surface area contributed by atoms with Crippen LogP contribution in [-0.4, -0.2) is 75.8 Å². The lowest BCUT2D eigenvalue weighted by molar-refractivity contribution is -0.148. The average molecular weight is 636 g/mol. The highest BCUT2D eigenvalue weighted by Crippen LogP contribution is 2.46. The van der Waals surface area contributed by atoms with E-state index in [0.29, 0.717) is 42.7 Å². The summed E-state index contributed by atoms with van der Waals surface area (Å²) in [5.41, 5.74) is 4.54. The number of aryl methyl sites for hydroxylation is 1. The molecule has 0 saturated heterocycles. The summed E-state index contributed by atoms with van der Waals surface area (Å²) in [6.45, 7) is 10.3. The van der Waals surface area contributed by atoms with Gasteiger partial charge in [0.15, 0.2) is 10.9 Å². The molecule has 13 heteroatoms. The molecule has 2 amide bonds. The number of fused-ring (bicyclic) bond motifs is 4. The number of hydrogen-bond acceptors (Lipinski definition) is 10. The van der Waals surface area contributed by atoms with Gasteiger partial charge in [0, 0.05) is 44.9 Å². The van der Waals surface area contributed by atoms with E-state index in [4.69, 9.17) is 24.2 Å². The second-order valence-corrected chi connectivity index (χ2v) is 13.8. The second kappa shape index (κ2) is 11.9. The minimum atomic E-state index is -0.777. The largest absolute Gasteiger partial charge is 0.444 e. The molecule has 1 N–H and O–H groups in total. The van der Waals surface area contributed by atoms with Gasteiger partial charge in [0.1, 0.15) is 17.0 Å². The number of nitrogens with zero attached hydrogens (tertiary/aromatic N) is 6. The van der Waals surface area contributed by atoms with Gasteiger partial charge in [0.2, 0.25) is 0 Å². The first kappa shape index (κ1) is 31.3. The van der Waals surface area contributed by atoms with Gasteiger partial charge in [-0.15, -0.1) is 0 Å². The van der Waals surface area contributed by atoms with Crippen LogP contribution in [0.15, 0.2) is 29.4 Å². The molecule has 0 radical (unpaired) electrons. The third-order valence-corrected chi connectivity index (χ3v) is 8.86. The van der Waals surface area contributed by atoms with Crippen LogP contribution in [0.1, 0.15) is 78.8 Å². The lowest BCUT2D eigenvalue weighted by Gasteiger charge is -2.44. The van der Waals surface area contributed by atoms with Crippen LogP contribution in [0.25, 0.3) is 0 Å². The zero-order chi connectivity index (χ0) is 32.1. The standard InChI is InChI=1S/C32H41N7O5S/c1-19-22-10-9-20(33-30(41)44-31(2,3)4)13-24(22)32(18-42-19)15-26-23(17-43-32)27(35-29(34-26)45-7)38-11-8-12-39-21(16-38)14-25(36-39)28(40)37(5)6/h9-10,13-14,19H,8,11-12,15-18H2,1-7H3,(H,33,41). The number of benzene rings is 1. The highest BCUT2D eigenvalue weighted by atomic mass is 32.2. The number of carbonyl (C=O) groups excluding carboxylic acids is 2. The lowest BCUT2D eigenvalue weighted by atomic mass is 9.80. The van der Waals surface area contributed by atoms with Crippen molar-refractivity contribution in [1.29, 1.82) is 0 Å². The van der Waals surface area contributed by atoms with Gasteiger partial charge in [0.05, 0.1) is 37.3 Å². The molecule has 1 spiro atoms. The van der Waals surface area contributed by atoms with E-state index in [1.54, 1.807) is 19.0 Å². The van der Waals surface area contributed by atoms with Gasteiger partial charge in [-0.2, -0.15) is 5.10 Å². The Morgan fingerprint density at radius 3 is 2.71 bits per heavy atom. The molecule has 3 aliphatic heterocycles. The molecule has 0 fully saturated rings. The maximum absolute atomic E-state index is 12.6. The van der Waals surface area contributed by atoms with E-state index in [0.717, 1.165) is 53.4 Å². The molecular formula is C32H41N7O5S. The van der Waals surface area contributed by atoms with Crippen molar-refractivity contribution in [3.8, 4) is 0 Å². The van der Waals surface area contributed by atoms with Crippen LogP contribution in [0.5, 0.6) is 0 Å². The molecule has 3 aliphatic rings. The first-order valence-corrected chi connectivity index (χ1v) is 16.5. The molecule has 2 atom stereocenters. The van der Waals surface area contributed by atoms with Crippen molar-refractivity contribution in [2.24, 2.45) is 0 Å². The van der Waals surface area contributed by atoms with Gasteiger partial charge in [0.25, 0.3) is 5.91 Å². The van der Waals surface area contributed by atoms with Gasteiger partial charge in [-0.25, -0.2) is 14.8 Å². The third-order valence-electron chi connectivity index (χ3n) is 8.31. The number of ether oxygens (including phenoxy) is 3. The fraction of sp³-hybridized carbons (Fsp3) is 0.531. The number of nitrogens with one attached hydrogen (secondary N) is 1. The molecule has 45 heavy (non-hydrogen) atoms. The predicted octanol–water partition coefficient (Wildman–Crippen LogP) is 4.91. The summed E-state index contributed by atoms with van der Waals surface area (Å²) in [6.07, 6.45) is 2.70. The quantitative estimate of drug-likeness (QED) is 0.312. The van der Waals surface area contributed by atoms with Crippen molar-refractivity contribution in [1.82, 2.24) is 24.6 Å². The zero-order valence-corrected chi connectivity index (χ0v) is 27.8. The van der Waals surface area contributed by atoms with Crippen LogP contribution in [0.2, 0.25) is 0 Å². The van der Waals surface area contributed by atoms with Crippen molar-refractivity contribution in [2.45, 2.75) is 82.7 Å². The molecular weight excluding hydrogens is 594 g/mol. The van der Waals surface area contributed by atoms with Crippen molar-refractivity contribution in [3.05, 3.63) is 58.0 Å².